The van der Waals surface area contributed by atoms with E-state index in [1.165, 1.54) is 25.3 Å². The van der Waals surface area contributed by atoms with Gasteiger partial charge in [-0.3, -0.25) is 19.7 Å². The summed E-state index contributed by atoms with van der Waals surface area (Å²) in [6, 6.07) is 22.3. The molecule has 0 saturated carbocycles. The van der Waals surface area contributed by atoms with Gasteiger partial charge in [-0.15, -0.1) is 0 Å². The molecule has 4 rings (SSSR count). The average molecular weight is 460 g/mol. The molecule has 0 aliphatic carbocycles. The molecule has 8 nitrogen and oxygen atoms in total. The number of methoxy groups -OCH3 is 1. The molecule has 3 aromatic rings. The van der Waals surface area contributed by atoms with Gasteiger partial charge in [0.1, 0.15) is 11.5 Å². The standard InChI is InChI=1S/C26H24N2O6/c1-33-25(30)26(19-8-4-2-5-9-19)14-16-27(17-15-26)24(29)22-18-20(28(31)32)12-13-23(22)34-21-10-6-3-7-11-21/h2-13,18H,14-17H2,1H3. The van der Waals surface area contributed by atoms with Crippen LogP contribution >= 0.6 is 0 Å². The minimum atomic E-state index is -0.848. The predicted molar refractivity (Wildman–Crippen MR) is 125 cm³/mol. The third-order valence-electron chi connectivity index (χ3n) is 6.18. The van der Waals surface area contributed by atoms with E-state index in [0.29, 0.717) is 18.6 Å². The van der Waals surface area contributed by atoms with Crippen LogP contribution in [0, 0.1) is 10.1 Å². The summed E-state index contributed by atoms with van der Waals surface area (Å²) < 4.78 is 11.0. The van der Waals surface area contributed by atoms with E-state index in [1.807, 2.05) is 36.4 Å². The first kappa shape index (κ1) is 23.0. The molecular weight excluding hydrogens is 436 g/mol. The number of nitrogens with zero attached hydrogens (tertiary/aromatic N) is 2. The summed E-state index contributed by atoms with van der Waals surface area (Å²) in [4.78, 5) is 38.7. The zero-order valence-electron chi connectivity index (χ0n) is 18.7. The van der Waals surface area contributed by atoms with Crippen molar-refractivity contribution in [2.45, 2.75) is 18.3 Å². The monoisotopic (exact) mass is 460 g/mol. The molecule has 0 aromatic heterocycles. The summed E-state index contributed by atoms with van der Waals surface area (Å²) in [5.74, 6) is 0.0166. The van der Waals surface area contributed by atoms with E-state index in [9.17, 15) is 19.7 Å². The van der Waals surface area contributed by atoms with Gasteiger partial charge in [-0.25, -0.2) is 0 Å². The predicted octanol–water partition coefficient (Wildman–Crippen LogP) is 4.73. The van der Waals surface area contributed by atoms with Crippen LogP contribution < -0.4 is 4.74 Å². The lowest BCUT2D eigenvalue weighted by molar-refractivity contribution is -0.384. The first-order valence-corrected chi connectivity index (χ1v) is 10.9. The van der Waals surface area contributed by atoms with Crippen molar-refractivity contribution in [3.8, 4) is 11.5 Å². The number of nitro benzene ring substituents is 1. The maximum absolute atomic E-state index is 13.5. The molecule has 34 heavy (non-hydrogen) atoms. The Morgan fingerprint density at radius 3 is 2.15 bits per heavy atom. The summed E-state index contributed by atoms with van der Waals surface area (Å²) in [5.41, 5.74) is -0.103. The topological polar surface area (TPSA) is 99.0 Å². The molecule has 8 heteroatoms. The molecule has 1 amide bonds. The van der Waals surface area contributed by atoms with Crippen LogP contribution in [-0.4, -0.2) is 41.9 Å². The van der Waals surface area contributed by atoms with Crippen molar-refractivity contribution >= 4 is 17.6 Å². The van der Waals surface area contributed by atoms with Crippen molar-refractivity contribution in [3.63, 3.8) is 0 Å². The summed E-state index contributed by atoms with van der Waals surface area (Å²) in [6.45, 7) is 0.576. The van der Waals surface area contributed by atoms with Crippen LogP contribution in [0.2, 0.25) is 0 Å². The second-order valence-corrected chi connectivity index (χ2v) is 8.08. The van der Waals surface area contributed by atoms with Crippen LogP contribution in [0.4, 0.5) is 5.69 Å². The van der Waals surface area contributed by atoms with E-state index in [4.69, 9.17) is 9.47 Å². The smallest absolute Gasteiger partial charge is 0.316 e. The van der Waals surface area contributed by atoms with E-state index in [2.05, 4.69) is 0 Å². The fourth-order valence-electron chi connectivity index (χ4n) is 4.33. The van der Waals surface area contributed by atoms with Crippen LogP contribution in [0.5, 0.6) is 11.5 Å². The number of carbonyl (C=O) groups excluding carboxylic acids is 2. The molecule has 3 aromatic carbocycles. The van der Waals surface area contributed by atoms with E-state index >= 15 is 0 Å². The zero-order chi connectivity index (χ0) is 24.1. The van der Waals surface area contributed by atoms with Crippen molar-refractivity contribution in [1.29, 1.82) is 0 Å². The Labute approximate surface area is 196 Å². The number of hydrogen-bond donors (Lipinski definition) is 0. The Hall–Kier alpha value is -4.20. The van der Waals surface area contributed by atoms with E-state index in [-0.39, 0.29) is 42.0 Å². The maximum Gasteiger partial charge on any atom is 0.316 e. The van der Waals surface area contributed by atoms with Crippen molar-refractivity contribution in [2.75, 3.05) is 20.2 Å². The highest BCUT2D eigenvalue weighted by atomic mass is 16.6. The van der Waals surface area contributed by atoms with E-state index in [1.54, 1.807) is 29.2 Å². The highest BCUT2D eigenvalue weighted by Gasteiger charge is 2.45. The molecule has 174 valence electrons. The molecular formula is C26H24N2O6. The number of para-hydroxylation sites is 1. The molecule has 1 heterocycles. The molecule has 1 fully saturated rings. The molecule has 1 saturated heterocycles. The normalized spacial score (nSPS) is 14.8. The minimum Gasteiger partial charge on any atom is -0.468 e. The number of amides is 1. The van der Waals surface area contributed by atoms with Gasteiger partial charge in [0.05, 0.1) is 23.0 Å². The van der Waals surface area contributed by atoms with Gasteiger partial charge < -0.3 is 14.4 Å². The number of esters is 1. The Balaban J connectivity index is 1.61. The Kier molecular flexibility index (Phi) is 6.58. The molecule has 0 unspecified atom stereocenters. The lowest BCUT2D eigenvalue weighted by Gasteiger charge is -2.40. The average Bonchev–Trinajstić information content (AvgIpc) is 2.89. The number of carbonyl (C=O) groups is 2. The fourth-order valence-corrected chi connectivity index (χ4v) is 4.33. The highest BCUT2D eigenvalue weighted by Crippen LogP contribution is 2.38. The number of nitro groups is 1. The van der Waals surface area contributed by atoms with Gasteiger partial charge in [0.15, 0.2) is 0 Å². The fraction of sp³-hybridized carbons (Fsp3) is 0.231. The van der Waals surface area contributed by atoms with Crippen LogP contribution in [0.3, 0.4) is 0 Å². The molecule has 1 aliphatic rings. The van der Waals surface area contributed by atoms with E-state index < -0.39 is 10.3 Å². The van der Waals surface area contributed by atoms with Gasteiger partial charge in [0.25, 0.3) is 11.6 Å². The van der Waals surface area contributed by atoms with Crippen molar-refractivity contribution < 1.29 is 24.0 Å². The summed E-state index contributed by atoms with van der Waals surface area (Å²) in [7, 11) is 1.36. The summed E-state index contributed by atoms with van der Waals surface area (Å²) in [6.07, 6.45) is 0.748. The highest BCUT2D eigenvalue weighted by molar-refractivity contribution is 5.98. The first-order chi connectivity index (χ1) is 16.4. The molecule has 0 N–H and O–H groups in total. The van der Waals surface area contributed by atoms with Gasteiger partial charge >= 0.3 is 5.97 Å². The minimum absolute atomic E-state index is 0.100. The maximum atomic E-state index is 13.5. The number of likely N-dealkylation sites (tertiary alicyclic amines) is 1. The number of piperidine rings is 1. The number of non-ortho nitro benzene ring substituents is 1. The van der Waals surface area contributed by atoms with Crippen LogP contribution in [0.15, 0.2) is 78.9 Å². The lowest BCUT2D eigenvalue weighted by atomic mass is 9.72. The zero-order valence-corrected chi connectivity index (χ0v) is 18.7. The number of ether oxygens (including phenoxy) is 2. The Morgan fingerprint density at radius 1 is 0.941 bits per heavy atom. The number of rotatable bonds is 6. The second-order valence-electron chi connectivity index (χ2n) is 8.08. The second kappa shape index (κ2) is 9.74. The largest absolute Gasteiger partial charge is 0.468 e. The van der Waals surface area contributed by atoms with Gasteiger partial charge in [-0.1, -0.05) is 48.5 Å². The Morgan fingerprint density at radius 2 is 1.56 bits per heavy atom. The van der Waals surface area contributed by atoms with Gasteiger partial charge in [0, 0.05) is 25.2 Å². The van der Waals surface area contributed by atoms with Gasteiger partial charge in [-0.2, -0.15) is 0 Å². The molecule has 0 spiro atoms. The SMILES string of the molecule is COC(=O)C1(c2ccccc2)CCN(C(=O)c2cc([N+](=O)[O-])ccc2Oc2ccccc2)CC1. The van der Waals surface area contributed by atoms with Crippen molar-refractivity contribution in [3.05, 3.63) is 100 Å². The quantitative estimate of drug-likeness (QED) is 0.299. The third-order valence-corrected chi connectivity index (χ3v) is 6.18. The third kappa shape index (κ3) is 4.47. The van der Waals surface area contributed by atoms with Gasteiger partial charge in [-0.05, 0) is 36.6 Å². The summed E-state index contributed by atoms with van der Waals surface area (Å²) >= 11 is 0. The molecule has 0 atom stereocenters. The number of hydrogen-bond acceptors (Lipinski definition) is 6. The van der Waals surface area contributed by atoms with Crippen LogP contribution in [0.25, 0.3) is 0 Å². The van der Waals surface area contributed by atoms with Crippen molar-refractivity contribution in [2.24, 2.45) is 0 Å². The van der Waals surface area contributed by atoms with Crippen molar-refractivity contribution in [1.82, 2.24) is 4.90 Å². The molecule has 1 aliphatic heterocycles. The van der Waals surface area contributed by atoms with Crippen LogP contribution in [-0.2, 0) is 14.9 Å². The summed E-state index contributed by atoms with van der Waals surface area (Å²) in [5, 5.41) is 11.4. The number of benzene rings is 3. The van der Waals surface area contributed by atoms with Gasteiger partial charge in [0.2, 0.25) is 0 Å². The molecule has 0 radical (unpaired) electrons. The van der Waals surface area contributed by atoms with Crippen LogP contribution in [0.1, 0.15) is 28.8 Å². The van der Waals surface area contributed by atoms with E-state index in [0.717, 1.165) is 5.56 Å². The Bertz CT molecular complexity index is 1190. The molecule has 0 bridgehead atoms. The first-order valence-electron chi connectivity index (χ1n) is 10.9. The lowest BCUT2D eigenvalue weighted by Crippen LogP contribution is -2.49.